The van der Waals surface area contributed by atoms with Crippen molar-refractivity contribution in [2.75, 3.05) is 6.79 Å². The first-order valence-electron chi connectivity index (χ1n) is 8.93. The van der Waals surface area contributed by atoms with Crippen LogP contribution in [0, 0.1) is 6.92 Å². The van der Waals surface area contributed by atoms with Gasteiger partial charge in [0.1, 0.15) is 4.34 Å². The normalized spacial score (nSPS) is 13.4. The van der Waals surface area contributed by atoms with Gasteiger partial charge in [-0.3, -0.25) is 4.79 Å². The standard InChI is InChI=1S/C21H20N2O3S2/c1-13-10-27-21(22-13)28-11-15-3-5-16(6-4-15)20(24)23-14(2)17-7-8-18-19(9-17)26-12-25-18/h3-10,14H,11-12H2,1-2H3,(H,23,24). The maximum Gasteiger partial charge on any atom is 0.251 e. The third-order valence-electron chi connectivity index (χ3n) is 4.42. The molecule has 2 aromatic carbocycles. The quantitative estimate of drug-likeness (QED) is 0.580. The van der Waals surface area contributed by atoms with Crippen LogP contribution in [0.15, 0.2) is 52.2 Å². The second kappa shape index (κ2) is 8.24. The number of benzene rings is 2. The minimum absolute atomic E-state index is 0.0973. The molecule has 3 aromatic rings. The van der Waals surface area contributed by atoms with Crippen molar-refractivity contribution in [3.63, 3.8) is 0 Å². The highest BCUT2D eigenvalue weighted by atomic mass is 32.2. The molecule has 2 heterocycles. The Kier molecular flexibility index (Phi) is 5.54. The second-order valence-corrected chi connectivity index (χ2v) is 8.63. The number of hydrogen-bond acceptors (Lipinski definition) is 6. The number of nitrogens with one attached hydrogen (secondary N) is 1. The summed E-state index contributed by atoms with van der Waals surface area (Å²) < 4.78 is 11.8. The maximum atomic E-state index is 12.6. The summed E-state index contributed by atoms with van der Waals surface area (Å²) in [6.07, 6.45) is 0. The number of aromatic nitrogens is 1. The Morgan fingerprint density at radius 1 is 1.21 bits per heavy atom. The van der Waals surface area contributed by atoms with E-state index in [4.69, 9.17) is 9.47 Å². The molecule has 1 aromatic heterocycles. The molecule has 1 unspecified atom stereocenters. The van der Waals surface area contributed by atoms with Gasteiger partial charge < -0.3 is 14.8 Å². The lowest BCUT2D eigenvalue weighted by Crippen LogP contribution is -2.26. The SMILES string of the molecule is Cc1csc(SCc2ccc(C(=O)NC(C)c3ccc4c(c3)OCO4)cc2)n1. The lowest BCUT2D eigenvalue weighted by atomic mass is 10.1. The monoisotopic (exact) mass is 412 g/mol. The van der Waals surface area contributed by atoms with Crippen LogP contribution in [0.25, 0.3) is 0 Å². The smallest absolute Gasteiger partial charge is 0.251 e. The van der Waals surface area contributed by atoms with Crippen LogP contribution in [0.2, 0.25) is 0 Å². The maximum absolute atomic E-state index is 12.6. The van der Waals surface area contributed by atoms with Crippen LogP contribution in [0.1, 0.15) is 40.1 Å². The number of hydrogen-bond donors (Lipinski definition) is 1. The Bertz CT molecular complexity index is 986. The minimum Gasteiger partial charge on any atom is -0.454 e. The molecule has 7 heteroatoms. The van der Waals surface area contributed by atoms with E-state index in [0.717, 1.165) is 32.8 Å². The number of thioether (sulfide) groups is 1. The average molecular weight is 413 g/mol. The van der Waals surface area contributed by atoms with E-state index in [1.54, 1.807) is 23.1 Å². The fraction of sp³-hybridized carbons (Fsp3) is 0.238. The van der Waals surface area contributed by atoms with E-state index < -0.39 is 0 Å². The summed E-state index contributed by atoms with van der Waals surface area (Å²) in [6, 6.07) is 13.3. The van der Waals surface area contributed by atoms with E-state index in [1.807, 2.05) is 56.3 Å². The fourth-order valence-corrected chi connectivity index (χ4v) is 4.65. The van der Waals surface area contributed by atoms with Crippen LogP contribution < -0.4 is 14.8 Å². The van der Waals surface area contributed by atoms with E-state index in [0.29, 0.717) is 5.56 Å². The second-order valence-electron chi connectivity index (χ2n) is 6.55. The van der Waals surface area contributed by atoms with Gasteiger partial charge in [-0.1, -0.05) is 30.0 Å². The lowest BCUT2D eigenvalue weighted by molar-refractivity contribution is 0.0939. The van der Waals surface area contributed by atoms with Crippen molar-refractivity contribution in [2.24, 2.45) is 0 Å². The number of rotatable bonds is 6. The molecule has 4 rings (SSSR count). The molecule has 1 amide bonds. The third kappa shape index (κ3) is 4.31. The van der Waals surface area contributed by atoms with Crippen molar-refractivity contribution in [3.8, 4) is 11.5 Å². The van der Waals surface area contributed by atoms with Crippen LogP contribution >= 0.6 is 23.1 Å². The van der Waals surface area contributed by atoms with Gasteiger partial charge in [0.25, 0.3) is 5.91 Å². The van der Waals surface area contributed by atoms with E-state index >= 15 is 0 Å². The van der Waals surface area contributed by atoms with Crippen molar-refractivity contribution in [2.45, 2.75) is 30.0 Å². The Labute approximate surface area is 172 Å². The highest BCUT2D eigenvalue weighted by Crippen LogP contribution is 2.34. The van der Waals surface area contributed by atoms with E-state index in [-0.39, 0.29) is 18.7 Å². The zero-order chi connectivity index (χ0) is 19.5. The molecule has 28 heavy (non-hydrogen) atoms. The number of carbonyl (C=O) groups excluding carboxylic acids is 1. The van der Waals surface area contributed by atoms with E-state index in [1.165, 1.54) is 5.56 Å². The van der Waals surface area contributed by atoms with Gasteiger partial charge in [-0.05, 0) is 49.2 Å². The summed E-state index contributed by atoms with van der Waals surface area (Å²) in [4.78, 5) is 17.0. The van der Waals surface area contributed by atoms with Crippen molar-refractivity contribution in [3.05, 3.63) is 70.2 Å². The van der Waals surface area contributed by atoms with Gasteiger partial charge >= 0.3 is 0 Å². The van der Waals surface area contributed by atoms with Gasteiger partial charge in [-0.2, -0.15) is 0 Å². The summed E-state index contributed by atoms with van der Waals surface area (Å²) in [7, 11) is 0. The topological polar surface area (TPSA) is 60.5 Å². The number of nitrogens with zero attached hydrogens (tertiary/aromatic N) is 1. The molecule has 0 bridgehead atoms. The largest absolute Gasteiger partial charge is 0.454 e. The third-order valence-corrected chi connectivity index (χ3v) is 6.63. The summed E-state index contributed by atoms with van der Waals surface area (Å²) in [5, 5.41) is 5.09. The molecule has 5 nitrogen and oxygen atoms in total. The molecular weight excluding hydrogens is 392 g/mol. The summed E-state index contributed by atoms with van der Waals surface area (Å²) >= 11 is 3.37. The number of aryl methyl sites for hydroxylation is 1. The van der Waals surface area contributed by atoms with Gasteiger partial charge in [0, 0.05) is 22.4 Å². The van der Waals surface area contributed by atoms with Crippen molar-refractivity contribution in [1.29, 1.82) is 0 Å². The molecular formula is C21H20N2O3S2. The molecule has 0 fully saturated rings. The molecule has 0 spiro atoms. The molecule has 0 saturated carbocycles. The predicted molar refractivity (Wildman–Crippen MR) is 111 cm³/mol. The van der Waals surface area contributed by atoms with Gasteiger partial charge in [-0.15, -0.1) is 11.3 Å². The molecule has 1 N–H and O–H groups in total. The Morgan fingerprint density at radius 2 is 2.00 bits per heavy atom. The predicted octanol–water partition coefficient (Wildman–Crippen LogP) is 4.96. The summed E-state index contributed by atoms with van der Waals surface area (Å²) in [5.41, 5.74) is 3.84. The number of thiazole rings is 1. The van der Waals surface area contributed by atoms with Gasteiger partial charge in [0.2, 0.25) is 6.79 Å². The number of amides is 1. The van der Waals surface area contributed by atoms with Gasteiger partial charge in [0.15, 0.2) is 11.5 Å². The average Bonchev–Trinajstić information content (AvgIpc) is 3.34. The lowest BCUT2D eigenvalue weighted by Gasteiger charge is -2.15. The molecule has 1 aliphatic rings. The molecule has 0 saturated heterocycles. The van der Waals surface area contributed by atoms with Crippen molar-refractivity contribution in [1.82, 2.24) is 10.3 Å². The number of fused-ring (bicyclic) bond motifs is 1. The van der Waals surface area contributed by atoms with Crippen LogP contribution in [0.5, 0.6) is 11.5 Å². The summed E-state index contributed by atoms with van der Waals surface area (Å²) in [5.74, 6) is 2.20. The molecule has 144 valence electrons. The van der Waals surface area contributed by atoms with Crippen molar-refractivity contribution < 1.29 is 14.3 Å². The number of ether oxygens (including phenoxy) is 2. The highest BCUT2D eigenvalue weighted by molar-refractivity contribution is 8.00. The first kappa shape index (κ1) is 18.8. The Balaban J connectivity index is 1.35. The number of carbonyl (C=O) groups is 1. The molecule has 0 aliphatic carbocycles. The van der Waals surface area contributed by atoms with Gasteiger partial charge in [-0.25, -0.2) is 4.98 Å². The zero-order valence-corrected chi connectivity index (χ0v) is 17.2. The van der Waals surface area contributed by atoms with Crippen molar-refractivity contribution >= 4 is 29.0 Å². The zero-order valence-electron chi connectivity index (χ0n) is 15.6. The van der Waals surface area contributed by atoms with Crippen LogP contribution in [-0.4, -0.2) is 17.7 Å². The van der Waals surface area contributed by atoms with E-state index in [9.17, 15) is 4.79 Å². The first-order chi connectivity index (χ1) is 13.6. The Hall–Kier alpha value is -2.51. The fourth-order valence-electron chi connectivity index (χ4n) is 2.84. The van der Waals surface area contributed by atoms with Crippen LogP contribution in [-0.2, 0) is 5.75 Å². The van der Waals surface area contributed by atoms with Gasteiger partial charge in [0.05, 0.1) is 6.04 Å². The molecule has 0 radical (unpaired) electrons. The van der Waals surface area contributed by atoms with Crippen LogP contribution in [0.4, 0.5) is 0 Å². The van der Waals surface area contributed by atoms with E-state index in [2.05, 4.69) is 15.7 Å². The molecule has 1 aliphatic heterocycles. The van der Waals surface area contributed by atoms with Crippen LogP contribution in [0.3, 0.4) is 0 Å². The first-order valence-corrected chi connectivity index (χ1v) is 10.8. The Morgan fingerprint density at radius 3 is 2.75 bits per heavy atom. The highest BCUT2D eigenvalue weighted by Gasteiger charge is 2.17. The minimum atomic E-state index is -0.134. The molecule has 1 atom stereocenters. The summed E-state index contributed by atoms with van der Waals surface area (Å²) in [6.45, 7) is 4.20.